The first-order chi connectivity index (χ1) is 13.0. The van der Waals surface area contributed by atoms with Crippen LogP contribution in [0.4, 0.5) is 0 Å². The molecule has 0 N–H and O–H groups in total. The monoisotopic (exact) mass is 528 g/mol. The standard InChI is InChI=1S/C18H14Br2N2O3S2/c1-24-15-7-12(8-21-22-16(23)10-27-18(22)26)6-14(20)17(15)25-9-11-2-4-13(19)5-3-11/h2-8H,9-10H2,1H3/b21-8+. The second-order valence-corrected chi connectivity index (χ2v) is 8.83. The Hall–Kier alpha value is -1.42. The van der Waals surface area contributed by atoms with E-state index in [1.54, 1.807) is 19.4 Å². The van der Waals surface area contributed by atoms with Gasteiger partial charge < -0.3 is 9.47 Å². The van der Waals surface area contributed by atoms with Crippen molar-refractivity contribution in [3.05, 3.63) is 56.5 Å². The molecule has 27 heavy (non-hydrogen) atoms. The largest absolute Gasteiger partial charge is 0.493 e. The summed E-state index contributed by atoms with van der Waals surface area (Å²) in [5.41, 5.74) is 1.79. The molecule has 2 aromatic carbocycles. The molecule has 1 heterocycles. The molecule has 0 aliphatic carbocycles. The van der Waals surface area contributed by atoms with E-state index in [1.165, 1.54) is 16.8 Å². The summed E-state index contributed by atoms with van der Waals surface area (Å²) in [6.45, 7) is 0.406. The number of carbonyl (C=O) groups is 1. The second-order valence-electron chi connectivity index (χ2n) is 5.45. The van der Waals surface area contributed by atoms with Crippen LogP contribution in [-0.2, 0) is 11.4 Å². The summed E-state index contributed by atoms with van der Waals surface area (Å²) >= 11 is 13.4. The molecule has 1 aliphatic rings. The number of hydrogen-bond donors (Lipinski definition) is 0. The lowest BCUT2D eigenvalue weighted by molar-refractivity contribution is -0.123. The highest BCUT2D eigenvalue weighted by molar-refractivity contribution is 9.10. The minimum atomic E-state index is -0.123. The molecule has 0 bridgehead atoms. The van der Waals surface area contributed by atoms with Gasteiger partial charge in [-0.1, -0.05) is 52.0 Å². The second kappa shape index (κ2) is 9.18. The number of amides is 1. The first kappa shape index (κ1) is 20.3. The van der Waals surface area contributed by atoms with Gasteiger partial charge in [0.05, 0.1) is 23.5 Å². The molecule has 0 saturated carbocycles. The molecule has 1 aliphatic heterocycles. The Kier molecular flexibility index (Phi) is 6.91. The van der Waals surface area contributed by atoms with Crippen molar-refractivity contribution >= 4 is 72.3 Å². The fourth-order valence-electron chi connectivity index (χ4n) is 2.27. The quantitative estimate of drug-likeness (QED) is 0.389. The van der Waals surface area contributed by atoms with Crippen LogP contribution in [0, 0.1) is 0 Å². The number of benzene rings is 2. The Labute approximate surface area is 183 Å². The summed E-state index contributed by atoms with van der Waals surface area (Å²) in [4.78, 5) is 11.7. The van der Waals surface area contributed by atoms with Gasteiger partial charge in [0.25, 0.3) is 5.91 Å². The van der Waals surface area contributed by atoms with Crippen LogP contribution in [0.1, 0.15) is 11.1 Å². The predicted molar refractivity (Wildman–Crippen MR) is 119 cm³/mol. The number of rotatable bonds is 6. The van der Waals surface area contributed by atoms with E-state index in [-0.39, 0.29) is 5.91 Å². The molecule has 1 fully saturated rings. The van der Waals surface area contributed by atoms with E-state index in [4.69, 9.17) is 21.7 Å². The Bertz CT molecular complexity index is 888. The average Bonchev–Trinajstić information content (AvgIpc) is 2.98. The smallest absolute Gasteiger partial charge is 0.259 e. The molecule has 1 amide bonds. The summed E-state index contributed by atoms with van der Waals surface area (Å²) in [5, 5.41) is 5.41. The third kappa shape index (κ3) is 5.10. The fraction of sp³-hybridized carbons (Fsp3) is 0.167. The highest BCUT2D eigenvalue weighted by Crippen LogP contribution is 2.37. The highest BCUT2D eigenvalue weighted by Gasteiger charge is 2.26. The molecule has 0 radical (unpaired) electrons. The van der Waals surface area contributed by atoms with Gasteiger partial charge in [0.2, 0.25) is 0 Å². The fourth-order valence-corrected chi connectivity index (χ4v) is 4.08. The van der Waals surface area contributed by atoms with Crippen LogP contribution in [0.2, 0.25) is 0 Å². The number of carbonyl (C=O) groups excluding carboxylic acids is 1. The van der Waals surface area contributed by atoms with Crippen LogP contribution in [0.15, 0.2) is 50.4 Å². The molecular weight excluding hydrogens is 516 g/mol. The topological polar surface area (TPSA) is 51.1 Å². The van der Waals surface area contributed by atoms with Crippen LogP contribution in [-0.4, -0.2) is 34.3 Å². The van der Waals surface area contributed by atoms with E-state index >= 15 is 0 Å². The SMILES string of the molecule is COc1cc(/C=N/N2C(=O)CSC2=S)cc(Br)c1OCc1ccc(Br)cc1. The van der Waals surface area contributed by atoms with Crippen LogP contribution in [0.25, 0.3) is 0 Å². The number of thiocarbonyl (C=S) groups is 1. The Morgan fingerprint density at radius 3 is 2.67 bits per heavy atom. The van der Waals surface area contributed by atoms with E-state index in [0.717, 1.165) is 20.1 Å². The summed E-state index contributed by atoms with van der Waals surface area (Å²) < 4.78 is 13.6. The summed E-state index contributed by atoms with van der Waals surface area (Å²) in [6, 6.07) is 11.5. The van der Waals surface area contributed by atoms with Crippen molar-refractivity contribution in [2.24, 2.45) is 5.10 Å². The molecule has 140 valence electrons. The number of hydrazone groups is 1. The molecule has 0 atom stereocenters. The van der Waals surface area contributed by atoms with Crippen LogP contribution < -0.4 is 9.47 Å². The molecule has 0 unspecified atom stereocenters. The lowest BCUT2D eigenvalue weighted by atomic mass is 10.2. The number of thioether (sulfide) groups is 1. The molecular formula is C18H14Br2N2O3S2. The van der Waals surface area contributed by atoms with Gasteiger partial charge in [0, 0.05) is 4.47 Å². The van der Waals surface area contributed by atoms with Gasteiger partial charge in [-0.2, -0.15) is 10.1 Å². The zero-order valence-corrected chi connectivity index (χ0v) is 19.0. The molecule has 5 nitrogen and oxygen atoms in total. The van der Waals surface area contributed by atoms with Crippen LogP contribution in [0.3, 0.4) is 0 Å². The zero-order chi connectivity index (χ0) is 19.4. The van der Waals surface area contributed by atoms with Gasteiger partial charge in [0.15, 0.2) is 15.8 Å². The van der Waals surface area contributed by atoms with Gasteiger partial charge >= 0.3 is 0 Å². The Balaban J connectivity index is 1.77. The first-order valence-electron chi connectivity index (χ1n) is 7.76. The van der Waals surface area contributed by atoms with E-state index < -0.39 is 0 Å². The highest BCUT2D eigenvalue weighted by atomic mass is 79.9. The van der Waals surface area contributed by atoms with Gasteiger partial charge in [-0.25, -0.2) is 0 Å². The lowest BCUT2D eigenvalue weighted by Gasteiger charge is -2.14. The third-order valence-electron chi connectivity index (χ3n) is 3.60. The number of nitrogens with zero attached hydrogens (tertiary/aromatic N) is 2. The van der Waals surface area contributed by atoms with Gasteiger partial charge in [-0.15, -0.1) is 0 Å². The number of halogens is 2. The summed E-state index contributed by atoms with van der Waals surface area (Å²) in [6.07, 6.45) is 1.57. The van der Waals surface area contributed by atoms with Crippen LogP contribution >= 0.6 is 55.8 Å². The maximum atomic E-state index is 11.7. The van der Waals surface area contributed by atoms with Gasteiger partial charge in [-0.05, 0) is 51.3 Å². The van der Waals surface area contributed by atoms with Gasteiger partial charge in [-0.3, -0.25) is 4.79 Å². The van der Waals surface area contributed by atoms with Crippen molar-refractivity contribution in [1.29, 1.82) is 0 Å². The predicted octanol–water partition coefficient (Wildman–Crippen LogP) is 4.99. The van der Waals surface area contributed by atoms with Crippen molar-refractivity contribution in [3.8, 4) is 11.5 Å². The molecule has 9 heteroatoms. The van der Waals surface area contributed by atoms with E-state index in [9.17, 15) is 4.79 Å². The van der Waals surface area contributed by atoms with Crippen molar-refractivity contribution in [3.63, 3.8) is 0 Å². The lowest BCUT2D eigenvalue weighted by Crippen LogP contribution is -2.22. The minimum absolute atomic E-state index is 0.123. The minimum Gasteiger partial charge on any atom is -0.493 e. The molecule has 0 aromatic heterocycles. The van der Waals surface area contributed by atoms with Crippen LogP contribution in [0.5, 0.6) is 11.5 Å². The van der Waals surface area contributed by atoms with E-state index in [2.05, 4.69) is 37.0 Å². The summed E-state index contributed by atoms with van der Waals surface area (Å²) in [5.74, 6) is 1.36. The van der Waals surface area contributed by atoms with Gasteiger partial charge in [0.1, 0.15) is 6.61 Å². The Morgan fingerprint density at radius 1 is 1.30 bits per heavy atom. The number of methoxy groups -OCH3 is 1. The number of ether oxygens (including phenoxy) is 2. The molecule has 3 rings (SSSR count). The van der Waals surface area contributed by atoms with Crippen molar-refractivity contribution in [2.75, 3.05) is 12.9 Å². The first-order valence-corrected chi connectivity index (χ1v) is 10.7. The number of hydrogen-bond acceptors (Lipinski definition) is 6. The molecule has 0 spiro atoms. The molecule has 2 aromatic rings. The Morgan fingerprint density at radius 2 is 2.04 bits per heavy atom. The van der Waals surface area contributed by atoms with E-state index in [0.29, 0.717) is 28.2 Å². The summed E-state index contributed by atoms with van der Waals surface area (Å²) in [7, 11) is 1.57. The van der Waals surface area contributed by atoms with Crippen molar-refractivity contribution in [1.82, 2.24) is 5.01 Å². The zero-order valence-electron chi connectivity index (χ0n) is 14.1. The normalized spacial score (nSPS) is 14.3. The third-order valence-corrected chi connectivity index (χ3v) is 6.05. The maximum absolute atomic E-state index is 11.7. The average molecular weight is 530 g/mol. The maximum Gasteiger partial charge on any atom is 0.259 e. The molecule has 1 saturated heterocycles. The van der Waals surface area contributed by atoms with E-state index in [1.807, 2.05) is 30.3 Å². The van der Waals surface area contributed by atoms with Crippen molar-refractivity contribution < 1.29 is 14.3 Å². The van der Waals surface area contributed by atoms with Crippen molar-refractivity contribution in [2.45, 2.75) is 6.61 Å².